The summed E-state index contributed by atoms with van der Waals surface area (Å²) >= 11 is 0. The Kier molecular flexibility index (Phi) is 5.41. The SMILES string of the molecule is Cc1nc(N)ncc1-c1nc(N2CCOCC2)c2nc(CCCN)n(CC3CC3)c2n1. The minimum Gasteiger partial charge on any atom is -0.378 e. The zero-order chi connectivity index (χ0) is 21.4. The number of ether oxygens (including phenoxy) is 1. The van der Waals surface area contributed by atoms with Crippen molar-refractivity contribution in [3.05, 3.63) is 17.7 Å². The van der Waals surface area contributed by atoms with Crippen LogP contribution in [-0.2, 0) is 17.7 Å². The molecule has 0 amide bonds. The molecule has 3 aromatic rings. The minimum atomic E-state index is 0.249. The second kappa shape index (κ2) is 8.35. The molecule has 0 spiro atoms. The molecule has 1 saturated heterocycles. The first kappa shape index (κ1) is 20.1. The first-order valence-electron chi connectivity index (χ1n) is 11.0. The lowest BCUT2D eigenvalue weighted by molar-refractivity contribution is 0.122. The van der Waals surface area contributed by atoms with Crippen molar-refractivity contribution in [2.75, 3.05) is 43.5 Å². The molecule has 10 nitrogen and oxygen atoms in total. The molecule has 10 heteroatoms. The van der Waals surface area contributed by atoms with Crippen LogP contribution in [-0.4, -0.2) is 62.3 Å². The molecule has 31 heavy (non-hydrogen) atoms. The summed E-state index contributed by atoms with van der Waals surface area (Å²) in [5.41, 5.74) is 14.8. The smallest absolute Gasteiger partial charge is 0.220 e. The number of fused-ring (bicyclic) bond motifs is 1. The molecule has 1 saturated carbocycles. The first-order chi connectivity index (χ1) is 15.1. The summed E-state index contributed by atoms with van der Waals surface area (Å²) in [6.07, 6.45) is 5.96. The molecule has 1 aliphatic heterocycles. The molecular weight excluding hydrogens is 394 g/mol. The van der Waals surface area contributed by atoms with Gasteiger partial charge >= 0.3 is 0 Å². The average molecular weight is 424 g/mol. The number of nitrogen functional groups attached to an aromatic ring is 1. The first-order valence-corrected chi connectivity index (χ1v) is 11.0. The van der Waals surface area contributed by atoms with Gasteiger partial charge in [-0.25, -0.2) is 24.9 Å². The van der Waals surface area contributed by atoms with Gasteiger partial charge < -0.3 is 25.7 Å². The molecule has 0 aromatic carbocycles. The Hall–Kier alpha value is -2.85. The largest absolute Gasteiger partial charge is 0.378 e. The van der Waals surface area contributed by atoms with Crippen LogP contribution in [0.4, 0.5) is 11.8 Å². The highest BCUT2D eigenvalue weighted by Gasteiger charge is 2.28. The van der Waals surface area contributed by atoms with Gasteiger partial charge in [-0.1, -0.05) is 0 Å². The van der Waals surface area contributed by atoms with Gasteiger partial charge in [0, 0.05) is 32.3 Å². The summed E-state index contributed by atoms with van der Waals surface area (Å²) < 4.78 is 7.85. The monoisotopic (exact) mass is 423 g/mol. The van der Waals surface area contributed by atoms with Gasteiger partial charge in [-0.2, -0.15) is 0 Å². The fourth-order valence-corrected chi connectivity index (χ4v) is 4.05. The van der Waals surface area contributed by atoms with Crippen molar-refractivity contribution in [1.82, 2.24) is 29.5 Å². The van der Waals surface area contributed by atoms with Crippen LogP contribution in [0.15, 0.2) is 6.20 Å². The van der Waals surface area contributed by atoms with E-state index in [9.17, 15) is 0 Å². The topological polar surface area (TPSA) is 134 Å². The summed E-state index contributed by atoms with van der Waals surface area (Å²) in [5.74, 6) is 3.44. The van der Waals surface area contributed by atoms with Crippen molar-refractivity contribution in [3.63, 3.8) is 0 Å². The molecule has 1 aliphatic carbocycles. The van der Waals surface area contributed by atoms with E-state index in [0.717, 1.165) is 66.5 Å². The van der Waals surface area contributed by atoms with Crippen LogP contribution in [0, 0.1) is 12.8 Å². The summed E-state index contributed by atoms with van der Waals surface area (Å²) in [6.45, 7) is 6.38. The highest BCUT2D eigenvalue weighted by atomic mass is 16.5. The number of rotatable bonds is 7. The van der Waals surface area contributed by atoms with E-state index in [2.05, 4.69) is 19.4 Å². The van der Waals surface area contributed by atoms with Crippen LogP contribution in [0.25, 0.3) is 22.6 Å². The fourth-order valence-electron chi connectivity index (χ4n) is 4.05. The Bertz CT molecular complexity index is 1090. The summed E-state index contributed by atoms with van der Waals surface area (Å²) in [5, 5.41) is 0. The number of nitrogens with two attached hydrogens (primary N) is 2. The third-order valence-corrected chi connectivity index (χ3v) is 5.95. The van der Waals surface area contributed by atoms with Gasteiger partial charge in [-0.3, -0.25) is 0 Å². The van der Waals surface area contributed by atoms with Crippen LogP contribution in [0.3, 0.4) is 0 Å². The van der Waals surface area contributed by atoms with E-state index in [1.165, 1.54) is 12.8 Å². The maximum absolute atomic E-state index is 5.80. The van der Waals surface area contributed by atoms with E-state index in [1.807, 2.05) is 6.92 Å². The van der Waals surface area contributed by atoms with E-state index >= 15 is 0 Å². The molecule has 4 heterocycles. The Labute approximate surface area is 181 Å². The molecule has 0 unspecified atom stereocenters. The Balaban J connectivity index is 1.70. The van der Waals surface area contributed by atoms with Gasteiger partial charge in [-0.05, 0) is 38.6 Å². The third-order valence-electron chi connectivity index (χ3n) is 5.95. The van der Waals surface area contributed by atoms with E-state index in [-0.39, 0.29) is 5.95 Å². The van der Waals surface area contributed by atoms with Gasteiger partial charge in [0.2, 0.25) is 5.95 Å². The molecule has 5 rings (SSSR count). The Morgan fingerprint density at radius 1 is 1.13 bits per heavy atom. The quantitative estimate of drug-likeness (QED) is 0.577. The van der Waals surface area contributed by atoms with Crippen LogP contribution in [0.2, 0.25) is 0 Å². The summed E-state index contributed by atoms with van der Waals surface area (Å²) in [7, 11) is 0. The number of imidazole rings is 1. The van der Waals surface area contributed by atoms with Crippen LogP contribution in [0.5, 0.6) is 0 Å². The molecule has 2 fully saturated rings. The van der Waals surface area contributed by atoms with E-state index < -0.39 is 0 Å². The number of hydrogen-bond donors (Lipinski definition) is 2. The van der Waals surface area contributed by atoms with E-state index in [0.29, 0.717) is 31.5 Å². The number of anilines is 2. The number of morpholine rings is 1. The molecule has 0 bridgehead atoms. The lowest BCUT2D eigenvalue weighted by atomic mass is 10.2. The highest BCUT2D eigenvalue weighted by Crippen LogP contribution is 2.35. The van der Waals surface area contributed by atoms with Crippen molar-refractivity contribution >= 4 is 22.9 Å². The van der Waals surface area contributed by atoms with E-state index in [4.69, 9.17) is 31.2 Å². The highest BCUT2D eigenvalue weighted by molar-refractivity contribution is 5.86. The number of aromatic nitrogens is 6. The van der Waals surface area contributed by atoms with E-state index in [1.54, 1.807) is 6.20 Å². The maximum Gasteiger partial charge on any atom is 0.220 e. The van der Waals surface area contributed by atoms with Crippen molar-refractivity contribution in [2.45, 2.75) is 39.2 Å². The molecule has 0 atom stereocenters. The molecule has 0 radical (unpaired) electrons. The van der Waals surface area contributed by atoms with Crippen molar-refractivity contribution < 1.29 is 4.74 Å². The predicted octanol–water partition coefficient (Wildman–Crippen LogP) is 1.31. The van der Waals surface area contributed by atoms with Crippen LogP contribution < -0.4 is 16.4 Å². The molecular formula is C21H29N9O. The van der Waals surface area contributed by atoms with Gasteiger partial charge in [0.05, 0.1) is 24.5 Å². The van der Waals surface area contributed by atoms with Gasteiger partial charge in [0.15, 0.2) is 22.8 Å². The lowest BCUT2D eigenvalue weighted by Gasteiger charge is -2.28. The standard InChI is InChI=1S/C21H29N9O/c1-13-15(11-24-21(23)25-13)18-27-19(29-7-9-31-10-8-29)17-20(28-18)30(12-14-4-5-14)16(26-17)3-2-6-22/h11,14H,2-10,12,22H2,1H3,(H2,23,24,25). The van der Waals surface area contributed by atoms with Crippen LogP contribution >= 0.6 is 0 Å². The zero-order valence-electron chi connectivity index (χ0n) is 17.9. The predicted molar refractivity (Wildman–Crippen MR) is 119 cm³/mol. The molecule has 2 aliphatic rings. The second-order valence-electron chi connectivity index (χ2n) is 8.34. The average Bonchev–Trinajstić information content (AvgIpc) is 3.53. The summed E-state index contributed by atoms with van der Waals surface area (Å²) in [6, 6.07) is 0. The van der Waals surface area contributed by atoms with Crippen molar-refractivity contribution in [3.8, 4) is 11.4 Å². The number of nitrogens with zero attached hydrogens (tertiary/aromatic N) is 7. The molecule has 4 N–H and O–H groups in total. The van der Waals surface area contributed by atoms with Crippen LogP contribution in [0.1, 0.15) is 30.8 Å². The zero-order valence-corrected chi connectivity index (χ0v) is 17.9. The second-order valence-corrected chi connectivity index (χ2v) is 8.34. The Morgan fingerprint density at radius 2 is 1.94 bits per heavy atom. The number of aryl methyl sites for hydroxylation is 2. The van der Waals surface area contributed by atoms with Gasteiger partial charge in [-0.15, -0.1) is 0 Å². The maximum atomic E-state index is 5.80. The lowest BCUT2D eigenvalue weighted by Crippen LogP contribution is -2.37. The van der Waals surface area contributed by atoms with Crippen molar-refractivity contribution in [2.24, 2.45) is 11.7 Å². The number of hydrogen-bond acceptors (Lipinski definition) is 9. The molecule has 164 valence electrons. The Morgan fingerprint density at radius 3 is 2.65 bits per heavy atom. The fraction of sp³-hybridized carbons (Fsp3) is 0.571. The summed E-state index contributed by atoms with van der Waals surface area (Å²) in [4.78, 5) is 25.7. The third kappa shape index (κ3) is 4.05. The van der Waals surface area contributed by atoms with Crippen molar-refractivity contribution in [1.29, 1.82) is 0 Å². The normalized spacial score (nSPS) is 16.9. The minimum absolute atomic E-state index is 0.249. The molecule has 3 aromatic heterocycles. The van der Waals surface area contributed by atoms with Gasteiger partial charge in [0.1, 0.15) is 5.82 Å². The van der Waals surface area contributed by atoms with Gasteiger partial charge in [0.25, 0.3) is 0 Å².